The van der Waals surface area contributed by atoms with Crippen molar-refractivity contribution in [1.82, 2.24) is 0 Å². The molecule has 22 heavy (non-hydrogen) atoms. The monoisotopic (exact) mass is 318 g/mol. The summed E-state index contributed by atoms with van der Waals surface area (Å²) in [6.07, 6.45) is 9.49. The van der Waals surface area contributed by atoms with Crippen LogP contribution in [-0.2, 0) is 18.9 Å². The number of hydrogen-bond acceptors (Lipinski definition) is 6. The number of ether oxygens (including phenoxy) is 4. The highest BCUT2D eigenvalue weighted by Crippen LogP contribution is 2.20. The lowest BCUT2D eigenvalue weighted by Gasteiger charge is -2.25. The molecular formula is C16H34N2O4. The SMILES string of the molecule is COCOC1CCC(N)CC1.COCO[C@H]1CC[C@H](N)CC1. The predicted molar refractivity (Wildman–Crippen MR) is 86.4 cm³/mol. The quantitative estimate of drug-likeness (QED) is 0.725. The van der Waals surface area contributed by atoms with Crippen LogP contribution in [0.15, 0.2) is 0 Å². The molecule has 0 aromatic carbocycles. The summed E-state index contributed by atoms with van der Waals surface area (Å²) in [5.74, 6) is 0. The van der Waals surface area contributed by atoms with E-state index in [1.165, 1.54) is 0 Å². The summed E-state index contributed by atoms with van der Waals surface area (Å²) in [4.78, 5) is 0. The second kappa shape index (κ2) is 12.2. The highest BCUT2D eigenvalue weighted by molar-refractivity contribution is 4.74. The number of hydrogen-bond donors (Lipinski definition) is 2. The first-order valence-electron chi connectivity index (χ1n) is 8.38. The van der Waals surface area contributed by atoms with E-state index in [1.807, 2.05) is 0 Å². The lowest BCUT2D eigenvalue weighted by Crippen LogP contribution is -2.30. The zero-order chi connectivity index (χ0) is 16.2. The smallest absolute Gasteiger partial charge is 0.146 e. The molecule has 0 spiro atoms. The Bertz CT molecular complexity index is 221. The number of rotatable bonds is 6. The first kappa shape index (κ1) is 19.8. The maximum Gasteiger partial charge on any atom is 0.146 e. The van der Waals surface area contributed by atoms with Crippen molar-refractivity contribution in [2.75, 3.05) is 27.8 Å². The third-order valence-electron chi connectivity index (χ3n) is 4.28. The maximum absolute atomic E-state index is 5.74. The van der Waals surface area contributed by atoms with E-state index < -0.39 is 0 Å². The standard InChI is InChI=1S/2C8H17NO2/c2*1-10-6-11-8-4-2-7(9)3-5-8/h2*7-8H,2-6,9H2,1H3/t7-,8-;. The van der Waals surface area contributed by atoms with Crippen LogP contribution in [0.4, 0.5) is 0 Å². The van der Waals surface area contributed by atoms with Gasteiger partial charge < -0.3 is 30.4 Å². The second-order valence-corrected chi connectivity index (χ2v) is 6.22. The van der Waals surface area contributed by atoms with E-state index in [9.17, 15) is 0 Å². The van der Waals surface area contributed by atoms with Crippen molar-refractivity contribution in [3.05, 3.63) is 0 Å². The molecule has 6 heteroatoms. The summed E-state index contributed by atoms with van der Waals surface area (Å²) in [5.41, 5.74) is 11.5. The Hall–Kier alpha value is -0.240. The molecular weight excluding hydrogens is 284 g/mol. The fourth-order valence-corrected chi connectivity index (χ4v) is 2.84. The molecule has 2 rings (SSSR count). The van der Waals surface area contributed by atoms with Gasteiger partial charge in [0.15, 0.2) is 0 Å². The highest BCUT2D eigenvalue weighted by atomic mass is 16.7. The highest BCUT2D eigenvalue weighted by Gasteiger charge is 2.19. The van der Waals surface area contributed by atoms with Crippen molar-refractivity contribution < 1.29 is 18.9 Å². The van der Waals surface area contributed by atoms with Crippen LogP contribution in [-0.4, -0.2) is 52.1 Å². The van der Waals surface area contributed by atoms with Gasteiger partial charge in [-0.2, -0.15) is 0 Å². The zero-order valence-electron chi connectivity index (χ0n) is 14.2. The summed E-state index contributed by atoms with van der Waals surface area (Å²) in [6.45, 7) is 0.833. The van der Waals surface area contributed by atoms with E-state index in [0.29, 0.717) is 37.9 Å². The first-order valence-corrected chi connectivity index (χ1v) is 8.38. The van der Waals surface area contributed by atoms with Crippen LogP contribution in [0.2, 0.25) is 0 Å². The molecule has 0 bridgehead atoms. The Balaban J connectivity index is 0.000000220. The van der Waals surface area contributed by atoms with Crippen LogP contribution < -0.4 is 11.5 Å². The predicted octanol–water partition coefficient (Wildman–Crippen LogP) is 1.75. The van der Waals surface area contributed by atoms with Gasteiger partial charge in [-0.05, 0) is 51.4 Å². The molecule has 0 aromatic heterocycles. The summed E-state index contributed by atoms with van der Waals surface area (Å²) in [6, 6.07) is 0.801. The van der Waals surface area contributed by atoms with Gasteiger partial charge in [0, 0.05) is 26.3 Å². The lowest BCUT2D eigenvalue weighted by molar-refractivity contribution is -0.0832. The van der Waals surface area contributed by atoms with Gasteiger partial charge >= 0.3 is 0 Å². The summed E-state index contributed by atoms with van der Waals surface area (Å²) >= 11 is 0. The fourth-order valence-electron chi connectivity index (χ4n) is 2.84. The summed E-state index contributed by atoms with van der Waals surface area (Å²) < 4.78 is 20.4. The average Bonchev–Trinajstić information content (AvgIpc) is 2.54. The van der Waals surface area contributed by atoms with E-state index in [0.717, 1.165) is 51.4 Å². The van der Waals surface area contributed by atoms with Crippen LogP contribution in [0.5, 0.6) is 0 Å². The average molecular weight is 318 g/mol. The summed E-state index contributed by atoms with van der Waals surface area (Å²) in [5, 5.41) is 0. The van der Waals surface area contributed by atoms with Gasteiger partial charge in [0.25, 0.3) is 0 Å². The van der Waals surface area contributed by atoms with Crippen molar-refractivity contribution in [1.29, 1.82) is 0 Å². The van der Waals surface area contributed by atoms with Gasteiger partial charge in [0.2, 0.25) is 0 Å². The first-order chi connectivity index (χ1) is 10.7. The van der Waals surface area contributed by atoms with E-state index in [1.54, 1.807) is 14.2 Å². The number of methoxy groups -OCH3 is 2. The lowest BCUT2D eigenvalue weighted by atomic mass is 9.94. The maximum atomic E-state index is 5.74. The third kappa shape index (κ3) is 9.02. The van der Waals surface area contributed by atoms with Crippen LogP contribution in [0.1, 0.15) is 51.4 Å². The molecule has 0 aliphatic heterocycles. The molecule has 0 atom stereocenters. The molecule has 2 aliphatic rings. The molecule has 0 unspecified atom stereocenters. The second-order valence-electron chi connectivity index (χ2n) is 6.22. The van der Waals surface area contributed by atoms with E-state index in [-0.39, 0.29) is 0 Å². The molecule has 2 saturated carbocycles. The van der Waals surface area contributed by atoms with E-state index in [4.69, 9.17) is 30.4 Å². The molecule has 0 radical (unpaired) electrons. The number of nitrogens with two attached hydrogens (primary N) is 2. The molecule has 0 saturated heterocycles. The summed E-state index contributed by atoms with van der Waals surface area (Å²) in [7, 11) is 3.29. The molecule has 2 fully saturated rings. The van der Waals surface area contributed by atoms with Crippen LogP contribution >= 0.6 is 0 Å². The van der Waals surface area contributed by atoms with Gasteiger partial charge in [0.05, 0.1) is 12.2 Å². The molecule has 132 valence electrons. The van der Waals surface area contributed by atoms with Crippen molar-refractivity contribution in [3.63, 3.8) is 0 Å². The van der Waals surface area contributed by atoms with Crippen molar-refractivity contribution in [2.45, 2.75) is 75.7 Å². The minimum absolute atomic E-state index is 0.384. The van der Waals surface area contributed by atoms with E-state index in [2.05, 4.69) is 0 Å². The molecule has 0 aromatic rings. The molecule has 6 nitrogen and oxygen atoms in total. The topological polar surface area (TPSA) is 89.0 Å². The van der Waals surface area contributed by atoms with Crippen LogP contribution in [0.3, 0.4) is 0 Å². The Kier molecular flexibility index (Phi) is 11.0. The third-order valence-corrected chi connectivity index (χ3v) is 4.28. The van der Waals surface area contributed by atoms with Crippen molar-refractivity contribution in [3.8, 4) is 0 Å². The molecule has 0 amide bonds. The fraction of sp³-hybridized carbons (Fsp3) is 1.00. The Morgan fingerprint density at radius 1 is 0.636 bits per heavy atom. The minimum atomic E-state index is 0.384. The van der Waals surface area contributed by atoms with Gasteiger partial charge in [-0.3, -0.25) is 0 Å². The normalized spacial score (nSPS) is 32.2. The molecule has 0 heterocycles. The Morgan fingerprint density at radius 2 is 0.955 bits per heavy atom. The van der Waals surface area contributed by atoms with Crippen molar-refractivity contribution >= 4 is 0 Å². The van der Waals surface area contributed by atoms with Crippen LogP contribution in [0, 0.1) is 0 Å². The van der Waals surface area contributed by atoms with Gasteiger partial charge in [-0.15, -0.1) is 0 Å². The van der Waals surface area contributed by atoms with Gasteiger partial charge in [-0.1, -0.05) is 0 Å². The van der Waals surface area contributed by atoms with Gasteiger partial charge in [-0.25, -0.2) is 0 Å². The largest absolute Gasteiger partial charge is 0.359 e. The van der Waals surface area contributed by atoms with E-state index >= 15 is 0 Å². The minimum Gasteiger partial charge on any atom is -0.359 e. The molecule has 4 N–H and O–H groups in total. The van der Waals surface area contributed by atoms with Gasteiger partial charge in [0.1, 0.15) is 13.6 Å². The molecule has 2 aliphatic carbocycles. The Labute approximate surface area is 134 Å². The van der Waals surface area contributed by atoms with Crippen LogP contribution in [0.25, 0.3) is 0 Å². The Morgan fingerprint density at radius 3 is 1.23 bits per heavy atom. The zero-order valence-corrected chi connectivity index (χ0v) is 14.2. The van der Waals surface area contributed by atoms with Crippen molar-refractivity contribution in [2.24, 2.45) is 11.5 Å².